The zero-order valence-electron chi connectivity index (χ0n) is 19.1. The monoisotopic (exact) mass is 610 g/mol. The number of benzene rings is 1. The van der Waals surface area contributed by atoms with Gasteiger partial charge in [-0.3, -0.25) is 9.36 Å². The SMILES string of the molecule is CCOC(=O)C1=C(C)N=c2s/c(=C\c3cc(I)c(OCC)c(OC)c3)c(=O)n2[C@H]1c1cccs1. The summed E-state index contributed by atoms with van der Waals surface area (Å²) >= 11 is 4.98. The van der Waals surface area contributed by atoms with Crippen LogP contribution in [0.2, 0.25) is 0 Å². The Labute approximate surface area is 218 Å². The summed E-state index contributed by atoms with van der Waals surface area (Å²) in [4.78, 5) is 32.5. The number of thiophene rings is 1. The lowest BCUT2D eigenvalue weighted by atomic mass is 10.0. The van der Waals surface area contributed by atoms with Gasteiger partial charge >= 0.3 is 5.97 Å². The van der Waals surface area contributed by atoms with Crippen molar-refractivity contribution in [2.24, 2.45) is 4.99 Å². The zero-order chi connectivity index (χ0) is 24.4. The van der Waals surface area contributed by atoms with Crippen molar-refractivity contribution in [2.75, 3.05) is 20.3 Å². The summed E-state index contributed by atoms with van der Waals surface area (Å²) in [6.07, 6.45) is 1.82. The van der Waals surface area contributed by atoms with Crippen LogP contribution in [0.3, 0.4) is 0 Å². The molecule has 34 heavy (non-hydrogen) atoms. The van der Waals surface area contributed by atoms with Gasteiger partial charge in [0.1, 0.15) is 6.04 Å². The number of carbonyl (C=O) groups is 1. The van der Waals surface area contributed by atoms with Crippen molar-refractivity contribution in [3.05, 3.63) is 74.6 Å². The largest absolute Gasteiger partial charge is 0.493 e. The number of methoxy groups -OCH3 is 1. The Bertz CT molecular complexity index is 1440. The Morgan fingerprint density at radius 1 is 1.29 bits per heavy atom. The number of halogens is 1. The number of carbonyl (C=O) groups excluding carboxylic acids is 1. The Morgan fingerprint density at radius 3 is 2.74 bits per heavy atom. The second-order valence-electron chi connectivity index (χ2n) is 7.28. The van der Waals surface area contributed by atoms with Crippen LogP contribution in [0.25, 0.3) is 6.08 Å². The molecule has 0 saturated heterocycles. The Hall–Kier alpha value is -2.44. The molecule has 1 aliphatic heterocycles. The summed E-state index contributed by atoms with van der Waals surface area (Å²) in [7, 11) is 1.59. The first-order valence-corrected chi connectivity index (χ1v) is 13.4. The van der Waals surface area contributed by atoms with E-state index in [0.29, 0.717) is 38.7 Å². The highest BCUT2D eigenvalue weighted by atomic mass is 127. The topological polar surface area (TPSA) is 79.1 Å². The van der Waals surface area contributed by atoms with Crippen molar-refractivity contribution in [3.8, 4) is 11.5 Å². The first-order valence-electron chi connectivity index (χ1n) is 10.6. The number of aromatic nitrogens is 1. The molecule has 0 aliphatic carbocycles. The summed E-state index contributed by atoms with van der Waals surface area (Å²) in [6.45, 7) is 6.23. The smallest absolute Gasteiger partial charge is 0.338 e. The molecule has 4 rings (SSSR count). The van der Waals surface area contributed by atoms with Gasteiger partial charge in [-0.1, -0.05) is 17.4 Å². The molecule has 1 aliphatic rings. The highest BCUT2D eigenvalue weighted by Crippen LogP contribution is 2.35. The zero-order valence-corrected chi connectivity index (χ0v) is 22.9. The minimum absolute atomic E-state index is 0.209. The fourth-order valence-electron chi connectivity index (χ4n) is 3.77. The maximum atomic E-state index is 13.6. The first-order chi connectivity index (χ1) is 16.4. The van der Waals surface area contributed by atoms with E-state index in [1.807, 2.05) is 42.6 Å². The number of hydrogen-bond donors (Lipinski definition) is 0. The lowest BCUT2D eigenvalue weighted by molar-refractivity contribution is -0.139. The third-order valence-electron chi connectivity index (χ3n) is 5.17. The number of ether oxygens (including phenoxy) is 3. The van der Waals surface area contributed by atoms with Crippen LogP contribution in [0.15, 0.2) is 50.7 Å². The maximum absolute atomic E-state index is 13.6. The molecule has 1 aromatic carbocycles. The minimum Gasteiger partial charge on any atom is -0.493 e. The summed E-state index contributed by atoms with van der Waals surface area (Å²) in [6, 6.07) is 7.04. The maximum Gasteiger partial charge on any atom is 0.338 e. The third-order valence-corrected chi connectivity index (χ3v) is 7.88. The van der Waals surface area contributed by atoms with Gasteiger partial charge in [0, 0.05) is 4.88 Å². The standard InChI is InChI=1S/C24H23IN2O5S2/c1-5-31-21-15(25)10-14(11-16(21)30-4)12-18-22(28)27-20(17-8-7-9-33-17)19(23(29)32-6-2)13(3)26-24(27)34-18/h7-12,20H,5-6H2,1-4H3/b18-12-/t20-/m0/s1. The van der Waals surface area contributed by atoms with Gasteiger partial charge in [0.15, 0.2) is 16.3 Å². The molecule has 0 amide bonds. The Morgan fingerprint density at radius 2 is 2.09 bits per heavy atom. The average Bonchev–Trinajstić information content (AvgIpc) is 3.43. The second-order valence-corrected chi connectivity index (χ2v) is 10.4. The van der Waals surface area contributed by atoms with Crippen LogP contribution in [0.4, 0.5) is 0 Å². The molecule has 2 aromatic heterocycles. The lowest BCUT2D eigenvalue weighted by Crippen LogP contribution is -2.39. The second kappa shape index (κ2) is 10.4. The van der Waals surface area contributed by atoms with Crippen LogP contribution in [0.5, 0.6) is 11.5 Å². The van der Waals surface area contributed by atoms with Crippen LogP contribution in [-0.2, 0) is 9.53 Å². The van der Waals surface area contributed by atoms with E-state index in [1.54, 1.807) is 25.5 Å². The van der Waals surface area contributed by atoms with Gasteiger partial charge in [0.05, 0.1) is 39.7 Å². The van der Waals surface area contributed by atoms with Crippen LogP contribution in [0, 0.1) is 3.57 Å². The molecule has 3 aromatic rings. The highest BCUT2D eigenvalue weighted by Gasteiger charge is 2.33. The number of hydrogen-bond acceptors (Lipinski definition) is 8. The molecule has 3 heterocycles. The van der Waals surface area contributed by atoms with E-state index < -0.39 is 12.0 Å². The number of rotatable bonds is 7. The molecule has 7 nitrogen and oxygen atoms in total. The van der Waals surface area contributed by atoms with E-state index in [-0.39, 0.29) is 12.2 Å². The molecule has 0 unspecified atom stereocenters. The van der Waals surface area contributed by atoms with Gasteiger partial charge < -0.3 is 14.2 Å². The van der Waals surface area contributed by atoms with Crippen LogP contribution in [0.1, 0.15) is 37.3 Å². The Kier molecular flexibility index (Phi) is 7.58. The molecule has 0 bridgehead atoms. The van der Waals surface area contributed by atoms with Gasteiger partial charge in [-0.25, -0.2) is 9.79 Å². The van der Waals surface area contributed by atoms with E-state index in [9.17, 15) is 9.59 Å². The summed E-state index contributed by atoms with van der Waals surface area (Å²) in [5.41, 5.74) is 1.55. The Balaban J connectivity index is 1.90. The predicted octanol–water partition coefficient (Wildman–Crippen LogP) is 3.87. The van der Waals surface area contributed by atoms with Gasteiger partial charge in [0.2, 0.25) is 0 Å². The quantitative estimate of drug-likeness (QED) is 0.300. The van der Waals surface area contributed by atoms with E-state index in [0.717, 1.165) is 14.0 Å². The van der Waals surface area contributed by atoms with Crippen LogP contribution < -0.4 is 24.4 Å². The number of allylic oxidation sites excluding steroid dienone is 1. The van der Waals surface area contributed by atoms with Crippen molar-refractivity contribution in [1.29, 1.82) is 0 Å². The molecule has 0 N–H and O–H groups in total. The number of esters is 1. The first kappa shape index (κ1) is 24.7. The fourth-order valence-corrected chi connectivity index (χ4v) is 6.42. The van der Waals surface area contributed by atoms with E-state index >= 15 is 0 Å². The van der Waals surface area contributed by atoms with Crippen molar-refractivity contribution in [2.45, 2.75) is 26.8 Å². The van der Waals surface area contributed by atoms with Gasteiger partial charge in [0.25, 0.3) is 5.56 Å². The number of fused-ring (bicyclic) bond motifs is 1. The minimum atomic E-state index is -0.576. The molecule has 10 heteroatoms. The predicted molar refractivity (Wildman–Crippen MR) is 142 cm³/mol. The van der Waals surface area contributed by atoms with Crippen molar-refractivity contribution < 1.29 is 19.0 Å². The van der Waals surface area contributed by atoms with E-state index in [1.165, 1.54) is 22.7 Å². The molecule has 0 radical (unpaired) electrons. The summed E-state index contributed by atoms with van der Waals surface area (Å²) < 4.78 is 19.5. The molecule has 1 atom stereocenters. The molecule has 0 fully saturated rings. The van der Waals surface area contributed by atoms with Gasteiger partial charge in [-0.2, -0.15) is 0 Å². The molecule has 0 spiro atoms. The van der Waals surface area contributed by atoms with E-state index in [2.05, 4.69) is 27.6 Å². The van der Waals surface area contributed by atoms with Gasteiger partial charge in [-0.05, 0) is 78.6 Å². The lowest BCUT2D eigenvalue weighted by Gasteiger charge is -2.23. The van der Waals surface area contributed by atoms with Crippen molar-refractivity contribution in [3.63, 3.8) is 0 Å². The summed E-state index contributed by atoms with van der Waals surface area (Å²) in [5, 5.41) is 1.93. The molecular weight excluding hydrogens is 587 g/mol. The summed E-state index contributed by atoms with van der Waals surface area (Å²) in [5.74, 6) is 0.823. The van der Waals surface area contributed by atoms with Crippen LogP contribution in [-0.4, -0.2) is 30.9 Å². The number of nitrogens with zero attached hydrogens (tertiary/aromatic N) is 2. The van der Waals surface area contributed by atoms with Crippen LogP contribution >= 0.6 is 45.3 Å². The average molecular weight is 610 g/mol. The highest BCUT2D eigenvalue weighted by molar-refractivity contribution is 14.1. The normalized spacial score (nSPS) is 15.7. The molecule has 178 valence electrons. The molecule has 0 saturated carbocycles. The van der Waals surface area contributed by atoms with Crippen molar-refractivity contribution >= 4 is 57.3 Å². The van der Waals surface area contributed by atoms with Gasteiger partial charge in [-0.15, -0.1) is 11.3 Å². The van der Waals surface area contributed by atoms with Crippen molar-refractivity contribution in [1.82, 2.24) is 4.57 Å². The fraction of sp³-hybridized carbons (Fsp3) is 0.292. The third kappa shape index (κ3) is 4.58. The molecular formula is C24H23IN2O5S2. The van der Waals surface area contributed by atoms with E-state index in [4.69, 9.17) is 14.2 Å². The number of thiazole rings is 1.